The zero-order valence-electron chi connectivity index (χ0n) is 12.5. The second-order valence-corrected chi connectivity index (χ2v) is 6.76. The number of halogens is 1. The van der Waals surface area contributed by atoms with Gasteiger partial charge in [0.25, 0.3) is 0 Å². The number of likely N-dealkylation sites (tertiary alicyclic amines) is 1. The lowest BCUT2D eigenvalue weighted by molar-refractivity contribution is -0.130. The van der Waals surface area contributed by atoms with Crippen molar-refractivity contribution in [3.8, 4) is 0 Å². The molecule has 120 valence electrons. The molecule has 1 aromatic carbocycles. The van der Waals surface area contributed by atoms with Crippen molar-refractivity contribution in [1.29, 1.82) is 0 Å². The molecular formula is C16H21ClN2O2S. The van der Waals surface area contributed by atoms with Crippen molar-refractivity contribution in [2.24, 2.45) is 0 Å². The van der Waals surface area contributed by atoms with Crippen LogP contribution >= 0.6 is 23.4 Å². The number of rotatable bonds is 7. The van der Waals surface area contributed by atoms with E-state index in [-0.39, 0.29) is 11.8 Å². The van der Waals surface area contributed by atoms with Crippen LogP contribution in [0.2, 0.25) is 5.02 Å². The van der Waals surface area contributed by atoms with Crippen molar-refractivity contribution in [1.82, 2.24) is 10.2 Å². The van der Waals surface area contributed by atoms with Crippen LogP contribution in [0.4, 0.5) is 0 Å². The van der Waals surface area contributed by atoms with Crippen molar-refractivity contribution in [3.05, 3.63) is 29.3 Å². The highest BCUT2D eigenvalue weighted by atomic mass is 35.5. The highest BCUT2D eigenvalue weighted by Crippen LogP contribution is 2.26. The summed E-state index contributed by atoms with van der Waals surface area (Å²) in [6.45, 7) is 2.15. The van der Waals surface area contributed by atoms with Crippen molar-refractivity contribution < 1.29 is 9.59 Å². The minimum atomic E-state index is -0.0197. The Labute approximate surface area is 140 Å². The maximum atomic E-state index is 11.8. The summed E-state index contributed by atoms with van der Waals surface area (Å²) in [5, 5.41) is 3.52. The molecule has 1 fully saturated rings. The van der Waals surface area contributed by atoms with Crippen molar-refractivity contribution >= 4 is 35.2 Å². The van der Waals surface area contributed by atoms with E-state index in [4.69, 9.17) is 11.6 Å². The quantitative estimate of drug-likeness (QED) is 0.776. The van der Waals surface area contributed by atoms with Gasteiger partial charge in [-0.3, -0.25) is 9.59 Å². The van der Waals surface area contributed by atoms with Gasteiger partial charge in [-0.2, -0.15) is 0 Å². The van der Waals surface area contributed by atoms with Crippen molar-refractivity contribution in [3.63, 3.8) is 0 Å². The Morgan fingerprint density at radius 2 is 1.91 bits per heavy atom. The summed E-state index contributed by atoms with van der Waals surface area (Å²) in [6.07, 6.45) is 3.01. The summed E-state index contributed by atoms with van der Waals surface area (Å²) in [6, 6.07) is 7.60. The second kappa shape index (κ2) is 9.06. The van der Waals surface area contributed by atoms with E-state index in [0.29, 0.717) is 30.2 Å². The minimum absolute atomic E-state index is 0.0197. The Hall–Kier alpha value is -1.20. The van der Waals surface area contributed by atoms with Crippen LogP contribution < -0.4 is 5.32 Å². The van der Waals surface area contributed by atoms with Gasteiger partial charge in [0.05, 0.1) is 5.02 Å². The van der Waals surface area contributed by atoms with Crippen LogP contribution in [-0.2, 0) is 9.59 Å². The molecule has 1 aliphatic rings. The molecule has 1 aromatic rings. The van der Waals surface area contributed by atoms with E-state index in [0.717, 1.165) is 30.8 Å². The molecule has 22 heavy (non-hydrogen) atoms. The number of benzene rings is 1. The van der Waals surface area contributed by atoms with Gasteiger partial charge in [0.2, 0.25) is 11.8 Å². The van der Waals surface area contributed by atoms with Crippen LogP contribution in [0.25, 0.3) is 0 Å². The van der Waals surface area contributed by atoms with Gasteiger partial charge in [0.1, 0.15) is 0 Å². The zero-order chi connectivity index (χ0) is 15.8. The van der Waals surface area contributed by atoms with Gasteiger partial charge in [-0.05, 0) is 25.0 Å². The fraction of sp³-hybridized carbons (Fsp3) is 0.500. The largest absolute Gasteiger partial charge is 0.356 e. The van der Waals surface area contributed by atoms with Crippen LogP contribution in [0.1, 0.15) is 25.7 Å². The SMILES string of the molecule is O=C(CCSc1ccccc1Cl)NCCC(=O)N1CCCC1. The van der Waals surface area contributed by atoms with E-state index in [2.05, 4.69) is 5.32 Å². The van der Waals surface area contributed by atoms with Crippen molar-refractivity contribution in [2.75, 3.05) is 25.4 Å². The van der Waals surface area contributed by atoms with E-state index in [9.17, 15) is 9.59 Å². The van der Waals surface area contributed by atoms with Gasteiger partial charge in [0, 0.05) is 43.1 Å². The summed E-state index contributed by atoms with van der Waals surface area (Å²) in [4.78, 5) is 26.4. The highest BCUT2D eigenvalue weighted by molar-refractivity contribution is 7.99. The molecule has 0 aliphatic carbocycles. The second-order valence-electron chi connectivity index (χ2n) is 5.22. The molecule has 0 saturated carbocycles. The number of hydrogen-bond acceptors (Lipinski definition) is 3. The summed E-state index contributed by atoms with van der Waals surface area (Å²) in [5.41, 5.74) is 0. The van der Waals surface area contributed by atoms with Gasteiger partial charge in [-0.1, -0.05) is 23.7 Å². The lowest BCUT2D eigenvalue weighted by atomic mass is 10.3. The number of carbonyl (C=O) groups is 2. The highest BCUT2D eigenvalue weighted by Gasteiger charge is 2.17. The molecule has 1 heterocycles. The third-order valence-electron chi connectivity index (χ3n) is 3.54. The predicted octanol–water partition coefficient (Wildman–Crippen LogP) is 2.95. The number of thioether (sulfide) groups is 1. The van der Waals surface area contributed by atoms with Gasteiger partial charge in [-0.15, -0.1) is 11.8 Å². The van der Waals surface area contributed by atoms with Gasteiger partial charge >= 0.3 is 0 Å². The number of nitrogens with zero attached hydrogens (tertiary/aromatic N) is 1. The van der Waals surface area contributed by atoms with Crippen LogP contribution in [0.5, 0.6) is 0 Å². The van der Waals surface area contributed by atoms with E-state index in [1.165, 1.54) is 0 Å². The molecule has 1 saturated heterocycles. The molecular weight excluding hydrogens is 320 g/mol. The molecule has 0 spiro atoms. The van der Waals surface area contributed by atoms with Crippen LogP contribution in [0, 0.1) is 0 Å². The van der Waals surface area contributed by atoms with Crippen LogP contribution in [0.15, 0.2) is 29.2 Å². The zero-order valence-corrected chi connectivity index (χ0v) is 14.1. The molecule has 0 bridgehead atoms. The Bertz CT molecular complexity index is 519. The molecule has 0 aromatic heterocycles. The molecule has 0 unspecified atom stereocenters. The third kappa shape index (κ3) is 5.54. The summed E-state index contributed by atoms with van der Waals surface area (Å²) >= 11 is 7.62. The Balaban J connectivity index is 1.58. The van der Waals surface area contributed by atoms with Gasteiger partial charge < -0.3 is 10.2 Å². The fourth-order valence-electron chi connectivity index (χ4n) is 2.34. The molecule has 2 amide bonds. The number of amides is 2. The van der Waals surface area contributed by atoms with Crippen LogP contribution in [0.3, 0.4) is 0 Å². The standard InChI is InChI=1S/C16H21ClN2O2S/c17-13-5-1-2-6-14(13)22-12-8-15(20)18-9-7-16(21)19-10-3-4-11-19/h1-2,5-6H,3-4,7-12H2,(H,18,20). The van der Waals surface area contributed by atoms with E-state index in [1.807, 2.05) is 29.2 Å². The molecule has 2 rings (SSSR count). The topological polar surface area (TPSA) is 49.4 Å². The van der Waals surface area contributed by atoms with Crippen molar-refractivity contribution in [2.45, 2.75) is 30.6 Å². The Morgan fingerprint density at radius 1 is 1.18 bits per heavy atom. The molecule has 0 radical (unpaired) electrons. The molecule has 6 heteroatoms. The first-order valence-electron chi connectivity index (χ1n) is 7.58. The Kier molecular flexibility index (Phi) is 7.06. The molecule has 4 nitrogen and oxygen atoms in total. The fourth-order valence-corrected chi connectivity index (χ4v) is 3.52. The maximum absolute atomic E-state index is 11.8. The molecule has 1 N–H and O–H groups in total. The third-order valence-corrected chi connectivity index (χ3v) is 5.06. The lowest BCUT2D eigenvalue weighted by Gasteiger charge is -2.15. The van der Waals surface area contributed by atoms with Crippen LogP contribution in [-0.4, -0.2) is 42.1 Å². The number of nitrogens with one attached hydrogen (secondary N) is 1. The minimum Gasteiger partial charge on any atom is -0.356 e. The van der Waals surface area contributed by atoms with E-state index < -0.39 is 0 Å². The summed E-state index contributed by atoms with van der Waals surface area (Å²) in [7, 11) is 0. The predicted molar refractivity (Wildman–Crippen MR) is 90.2 cm³/mol. The first kappa shape index (κ1) is 17.2. The summed E-state index contributed by atoms with van der Waals surface area (Å²) in [5.74, 6) is 0.798. The first-order valence-corrected chi connectivity index (χ1v) is 8.95. The number of carbonyl (C=O) groups excluding carboxylic acids is 2. The monoisotopic (exact) mass is 340 g/mol. The Morgan fingerprint density at radius 3 is 2.64 bits per heavy atom. The smallest absolute Gasteiger partial charge is 0.224 e. The molecule has 1 aliphatic heterocycles. The number of hydrogen-bond donors (Lipinski definition) is 1. The molecule has 0 atom stereocenters. The van der Waals surface area contributed by atoms with Gasteiger partial charge in [0.15, 0.2) is 0 Å². The van der Waals surface area contributed by atoms with E-state index in [1.54, 1.807) is 11.8 Å². The average molecular weight is 341 g/mol. The van der Waals surface area contributed by atoms with Gasteiger partial charge in [-0.25, -0.2) is 0 Å². The summed E-state index contributed by atoms with van der Waals surface area (Å²) < 4.78 is 0. The lowest BCUT2D eigenvalue weighted by Crippen LogP contribution is -2.32. The van der Waals surface area contributed by atoms with E-state index >= 15 is 0 Å². The average Bonchev–Trinajstić information content (AvgIpc) is 3.03. The first-order chi connectivity index (χ1) is 10.7. The maximum Gasteiger partial charge on any atom is 0.224 e. The normalized spacial score (nSPS) is 14.1.